The summed E-state index contributed by atoms with van der Waals surface area (Å²) in [5, 5.41) is 0. The minimum atomic E-state index is -1.14. The smallest absolute Gasteiger partial charge is 0.153 e. The van der Waals surface area contributed by atoms with E-state index in [0.717, 1.165) is 32.3 Å². The van der Waals surface area contributed by atoms with Gasteiger partial charge in [-0.25, -0.2) is 0 Å². The van der Waals surface area contributed by atoms with Crippen LogP contribution >= 0.6 is 7.56 Å². The second-order valence-corrected chi connectivity index (χ2v) is 7.51. The number of hydrogen-bond donors (Lipinski definition) is 0. The molecule has 0 bridgehead atoms. The van der Waals surface area contributed by atoms with E-state index < -0.39 is 7.56 Å². The Morgan fingerprint density at radius 2 is 1.27 bits per heavy atom. The lowest BCUT2D eigenvalue weighted by molar-refractivity contribution is 0.410. The molecule has 2 nitrogen and oxygen atoms in total. The summed E-state index contributed by atoms with van der Waals surface area (Å²) in [6.45, 7) is 20.0. The molecule has 0 heterocycles. The van der Waals surface area contributed by atoms with E-state index in [1.54, 1.807) is 0 Å². The van der Waals surface area contributed by atoms with E-state index in [1.165, 1.54) is 0 Å². The Morgan fingerprint density at radius 3 is 1.47 bits per heavy atom. The third-order valence-corrected chi connectivity index (χ3v) is 7.67. The number of allylic oxidation sites excluding steroid dienone is 1. The fourth-order valence-corrected chi connectivity index (χ4v) is 6.07. The molecule has 0 aromatic heterocycles. The highest BCUT2D eigenvalue weighted by atomic mass is 31.2. The summed E-state index contributed by atoms with van der Waals surface area (Å²) in [5.74, 6) is 0. The summed E-state index contributed by atoms with van der Waals surface area (Å²) < 4.78 is 5.25. The van der Waals surface area contributed by atoms with Gasteiger partial charge in [0.1, 0.15) is 6.16 Å². The quantitative estimate of drug-likeness (QED) is 0.467. The Bertz CT molecular complexity index is 162. The maximum Gasteiger partial charge on any atom is 0.153 e. The minimum Gasteiger partial charge on any atom is -0.164 e. The van der Waals surface area contributed by atoms with Gasteiger partial charge < -0.3 is 0 Å². The van der Waals surface area contributed by atoms with E-state index in [-0.39, 0.29) is 0 Å². The number of nitrogens with zero attached hydrogens (tertiary/aromatic N) is 2. The molecule has 0 saturated carbocycles. The fraction of sp³-hybridized carbons (Fsp3) is 0.833. The van der Waals surface area contributed by atoms with Crippen molar-refractivity contribution in [3.8, 4) is 0 Å². The van der Waals surface area contributed by atoms with Gasteiger partial charge in [0.2, 0.25) is 0 Å². The summed E-state index contributed by atoms with van der Waals surface area (Å²) >= 11 is 0. The lowest BCUT2D eigenvalue weighted by Gasteiger charge is -2.39. The van der Waals surface area contributed by atoms with Crippen molar-refractivity contribution in [2.45, 2.75) is 27.7 Å². The van der Waals surface area contributed by atoms with Crippen LogP contribution in [-0.4, -0.2) is 48.3 Å². The van der Waals surface area contributed by atoms with E-state index in [0.29, 0.717) is 0 Å². The first kappa shape index (κ1) is 15.1. The van der Waals surface area contributed by atoms with Gasteiger partial charge in [0.05, 0.1) is 6.66 Å². The molecular formula is C12H28N2P+. The molecule has 15 heavy (non-hydrogen) atoms. The Morgan fingerprint density at radius 1 is 0.933 bits per heavy atom. The summed E-state index contributed by atoms with van der Waals surface area (Å²) in [6.07, 6.45) is 3.22. The normalized spacial score (nSPS) is 12.5. The second kappa shape index (κ2) is 7.38. The monoisotopic (exact) mass is 231 g/mol. The van der Waals surface area contributed by atoms with Gasteiger partial charge in [-0.1, -0.05) is 12.7 Å². The summed E-state index contributed by atoms with van der Waals surface area (Å²) in [4.78, 5) is 0. The van der Waals surface area contributed by atoms with Crippen LogP contribution in [0.1, 0.15) is 27.7 Å². The van der Waals surface area contributed by atoms with Gasteiger partial charge in [-0.2, -0.15) is 9.34 Å². The summed E-state index contributed by atoms with van der Waals surface area (Å²) in [6, 6.07) is 0. The van der Waals surface area contributed by atoms with Crippen molar-refractivity contribution in [3.05, 3.63) is 12.7 Å². The van der Waals surface area contributed by atoms with Crippen molar-refractivity contribution in [2.75, 3.05) is 39.0 Å². The molecule has 0 radical (unpaired) electrons. The standard InChI is InChI=1S/C12H28N2P/c1-7-12-15(6,13(8-2)9-3)14(10-4)11-5/h7H,1,8-12H2,2-6H3/q+1. The van der Waals surface area contributed by atoms with Gasteiger partial charge in [-0.3, -0.25) is 0 Å². The van der Waals surface area contributed by atoms with E-state index >= 15 is 0 Å². The van der Waals surface area contributed by atoms with Crippen molar-refractivity contribution < 1.29 is 0 Å². The topological polar surface area (TPSA) is 6.48 Å². The van der Waals surface area contributed by atoms with Crippen molar-refractivity contribution in [1.29, 1.82) is 0 Å². The number of hydrogen-bond acceptors (Lipinski definition) is 2. The molecular weight excluding hydrogens is 203 g/mol. The van der Waals surface area contributed by atoms with Gasteiger partial charge in [0.25, 0.3) is 0 Å². The maximum atomic E-state index is 3.92. The Balaban J connectivity index is 4.90. The average Bonchev–Trinajstić information content (AvgIpc) is 2.21. The van der Waals surface area contributed by atoms with Crippen LogP contribution in [0.15, 0.2) is 12.7 Å². The lowest BCUT2D eigenvalue weighted by atomic mass is 10.7. The van der Waals surface area contributed by atoms with E-state index in [1.807, 2.05) is 0 Å². The van der Waals surface area contributed by atoms with Crippen molar-refractivity contribution in [1.82, 2.24) is 9.34 Å². The molecule has 0 rings (SSSR count). The van der Waals surface area contributed by atoms with Gasteiger partial charge in [-0.05, 0) is 27.7 Å². The Labute approximate surface area is 96.8 Å². The average molecular weight is 231 g/mol. The molecule has 0 spiro atoms. The molecule has 0 aliphatic heterocycles. The lowest BCUT2D eigenvalue weighted by Crippen LogP contribution is -2.36. The highest BCUT2D eigenvalue weighted by Crippen LogP contribution is 2.61. The second-order valence-electron chi connectivity index (χ2n) is 3.84. The molecule has 0 aromatic rings. The minimum absolute atomic E-state index is 1.14. The SMILES string of the molecule is C=CC[P+](C)(N(CC)CC)N(CC)CC. The molecule has 3 heteroatoms. The first-order valence-electron chi connectivity index (χ1n) is 6.07. The highest BCUT2D eigenvalue weighted by Gasteiger charge is 2.41. The third-order valence-electron chi connectivity index (χ3n) is 3.15. The fourth-order valence-electron chi connectivity index (χ4n) is 2.32. The molecule has 90 valence electrons. The van der Waals surface area contributed by atoms with Crippen LogP contribution in [0.25, 0.3) is 0 Å². The van der Waals surface area contributed by atoms with Crippen molar-refractivity contribution >= 4 is 7.56 Å². The zero-order valence-corrected chi connectivity index (χ0v) is 12.1. The van der Waals surface area contributed by atoms with Gasteiger partial charge >= 0.3 is 0 Å². The number of rotatable bonds is 8. The first-order valence-corrected chi connectivity index (χ1v) is 8.40. The predicted octanol–water partition coefficient (Wildman–Crippen LogP) is 3.33. The predicted molar refractivity (Wildman–Crippen MR) is 73.8 cm³/mol. The van der Waals surface area contributed by atoms with Crippen molar-refractivity contribution in [3.63, 3.8) is 0 Å². The zero-order chi connectivity index (χ0) is 11.9. The van der Waals surface area contributed by atoms with E-state index in [2.05, 4.69) is 56.4 Å². The van der Waals surface area contributed by atoms with Gasteiger partial charge in [-0.15, -0.1) is 0 Å². The Hall–Kier alpha value is 0.0900. The molecule has 0 amide bonds. The molecule has 0 fully saturated rings. The Kier molecular flexibility index (Phi) is 7.42. The molecule has 0 aromatic carbocycles. The van der Waals surface area contributed by atoms with Gasteiger partial charge in [0, 0.05) is 26.2 Å². The maximum absolute atomic E-state index is 3.92. The third kappa shape index (κ3) is 3.55. The first-order chi connectivity index (χ1) is 7.10. The molecule has 0 aliphatic carbocycles. The van der Waals surface area contributed by atoms with Crippen LogP contribution in [0.4, 0.5) is 0 Å². The van der Waals surface area contributed by atoms with Crippen LogP contribution in [0.2, 0.25) is 0 Å². The molecule has 0 N–H and O–H groups in total. The summed E-state index contributed by atoms with van der Waals surface area (Å²) in [5.41, 5.74) is 0. The van der Waals surface area contributed by atoms with Gasteiger partial charge in [0.15, 0.2) is 7.56 Å². The van der Waals surface area contributed by atoms with Crippen LogP contribution in [0.3, 0.4) is 0 Å². The molecule has 0 atom stereocenters. The van der Waals surface area contributed by atoms with Crippen molar-refractivity contribution in [2.24, 2.45) is 0 Å². The molecule has 0 aliphatic rings. The summed E-state index contributed by atoms with van der Waals surface area (Å²) in [7, 11) is -1.14. The zero-order valence-electron chi connectivity index (χ0n) is 11.2. The van der Waals surface area contributed by atoms with Crippen LogP contribution in [-0.2, 0) is 0 Å². The largest absolute Gasteiger partial charge is 0.164 e. The highest BCUT2D eigenvalue weighted by molar-refractivity contribution is 7.70. The van der Waals surface area contributed by atoms with E-state index in [4.69, 9.17) is 0 Å². The van der Waals surface area contributed by atoms with E-state index in [9.17, 15) is 0 Å². The van der Waals surface area contributed by atoms with Crippen LogP contribution < -0.4 is 0 Å². The van der Waals surface area contributed by atoms with Crippen LogP contribution in [0, 0.1) is 0 Å². The van der Waals surface area contributed by atoms with Crippen LogP contribution in [0.5, 0.6) is 0 Å². The molecule has 0 unspecified atom stereocenters. The molecule has 0 saturated heterocycles.